The molecule has 1 rings (SSSR count). The van der Waals surface area contributed by atoms with Crippen molar-refractivity contribution in [3.63, 3.8) is 0 Å². The molecule has 1 unspecified atom stereocenters. The van der Waals surface area contributed by atoms with Crippen LogP contribution >= 0.6 is 0 Å². The molecule has 0 heterocycles. The lowest BCUT2D eigenvalue weighted by Crippen LogP contribution is -2.36. The van der Waals surface area contributed by atoms with Crippen molar-refractivity contribution >= 4 is 5.97 Å². The number of benzene rings is 1. The summed E-state index contributed by atoms with van der Waals surface area (Å²) in [7, 11) is 0. The number of carboxylic acids is 1. The maximum atomic E-state index is 13.1. The van der Waals surface area contributed by atoms with Gasteiger partial charge in [-0.15, -0.1) is 0 Å². The van der Waals surface area contributed by atoms with E-state index >= 15 is 0 Å². The lowest BCUT2D eigenvalue weighted by molar-refractivity contribution is -0.139. The summed E-state index contributed by atoms with van der Waals surface area (Å²) in [5.41, 5.74) is -0.608. The van der Waals surface area contributed by atoms with Crippen molar-refractivity contribution in [2.75, 3.05) is 13.1 Å². The van der Waals surface area contributed by atoms with Crippen LogP contribution in [0.25, 0.3) is 0 Å². The third-order valence-electron chi connectivity index (χ3n) is 3.20. The molecule has 0 aliphatic heterocycles. The van der Waals surface area contributed by atoms with Gasteiger partial charge in [0.1, 0.15) is 0 Å². The van der Waals surface area contributed by atoms with Crippen molar-refractivity contribution < 1.29 is 23.1 Å². The number of hydrogen-bond acceptors (Lipinski definition) is 2. The minimum Gasteiger partial charge on any atom is -0.480 e. The van der Waals surface area contributed by atoms with E-state index in [1.165, 1.54) is 18.2 Å². The third-order valence-corrected chi connectivity index (χ3v) is 3.20. The zero-order valence-electron chi connectivity index (χ0n) is 12.3. The normalized spacial score (nSPS) is 13.7. The molecule has 0 aromatic heterocycles. The van der Waals surface area contributed by atoms with Crippen LogP contribution in [0.5, 0.6) is 0 Å². The van der Waals surface area contributed by atoms with Gasteiger partial charge in [-0.05, 0) is 24.5 Å². The van der Waals surface area contributed by atoms with Crippen molar-refractivity contribution in [2.45, 2.75) is 33.0 Å². The predicted molar refractivity (Wildman–Crippen MR) is 73.9 cm³/mol. The molecule has 1 atom stereocenters. The molecule has 1 aromatic rings. The van der Waals surface area contributed by atoms with E-state index in [1.807, 2.05) is 13.8 Å². The van der Waals surface area contributed by atoms with E-state index in [0.29, 0.717) is 6.54 Å². The summed E-state index contributed by atoms with van der Waals surface area (Å²) >= 11 is 0. The summed E-state index contributed by atoms with van der Waals surface area (Å²) in [5.74, 6) is -0.892. The average molecular weight is 303 g/mol. The topological polar surface area (TPSA) is 40.5 Å². The summed E-state index contributed by atoms with van der Waals surface area (Å²) in [6.45, 7) is 5.54. The molecule has 0 aliphatic rings. The van der Waals surface area contributed by atoms with Crippen LogP contribution in [0.4, 0.5) is 13.2 Å². The molecule has 0 saturated heterocycles. The van der Waals surface area contributed by atoms with Crippen molar-refractivity contribution in [3.8, 4) is 0 Å². The Morgan fingerprint density at radius 2 is 1.81 bits per heavy atom. The van der Waals surface area contributed by atoms with E-state index in [0.717, 1.165) is 6.07 Å². The fourth-order valence-electron chi connectivity index (χ4n) is 2.32. The minimum absolute atomic E-state index is 0.104. The molecule has 0 amide bonds. The Balaban J connectivity index is 3.14. The van der Waals surface area contributed by atoms with Crippen molar-refractivity contribution in [3.05, 3.63) is 35.4 Å². The molecule has 0 radical (unpaired) electrons. The third kappa shape index (κ3) is 5.04. The SMILES string of the molecule is CC(C)CN(CC(=O)O)C(C)c1ccccc1C(F)(F)F. The molecule has 1 N–H and O–H groups in total. The van der Waals surface area contributed by atoms with Crippen LogP contribution in [-0.2, 0) is 11.0 Å². The number of rotatable bonds is 6. The predicted octanol–water partition coefficient (Wildman–Crippen LogP) is 3.81. The molecule has 6 heteroatoms. The van der Waals surface area contributed by atoms with Gasteiger partial charge in [0, 0.05) is 12.6 Å². The second-order valence-corrected chi connectivity index (χ2v) is 5.48. The highest BCUT2D eigenvalue weighted by Gasteiger charge is 2.35. The van der Waals surface area contributed by atoms with Crippen LogP contribution in [-0.4, -0.2) is 29.1 Å². The molecule has 0 spiro atoms. The summed E-state index contributed by atoms with van der Waals surface area (Å²) in [6, 6.07) is 4.68. The summed E-state index contributed by atoms with van der Waals surface area (Å²) in [5, 5.41) is 8.96. The number of carbonyl (C=O) groups is 1. The van der Waals surface area contributed by atoms with E-state index in [1.54, 1.807) is 11.8 Å². The van der Waals surface area contributed by atoms with E-state index in [2.05, 4.69) is 0 Å². The first-order valence-electron chi connectivity index (χ1n) is 6.75. The van der Waals surface area contributed by atoms with Gasteiger partial charge in [0.05, 0.1) is 12.1 Å². The highest BCUT2D eigenvalue weighted by Crippen LogP contribution is 2.36. The number of aliphatic carboxylic acids is 1. The number of halogens is 3. The molecule has 0 bridgehead atoms. The van der Waals surface area contributed by atoms with Crippen LogP contribution in [0.1, 0.15) is 37.9 Å². The van der Waals surface area contributed by atoms with Gasteiger partial charge in [-0.1, -0.05) is 32.0 Å². The van der Waals surface area contributed by atoms with Gasteiger partial charge < -0.3 is 5.11 Å². The maximum absolute atomic E-state index is 13.1. The summed E-state index contributed by atoms with van der Waals surface area (Å²) in [4.78, 5) is 12.5. The largest absolute Gasteiger partial charge is 0.480 e. The fourth-order valence-corrected chi connectivity index (χ4v) is 2.32. The van der Waals surface area contributed by atoms with Crippen molar-refractivity contribution in [1.29, 1.82) is 0 Å². The Labute approximate surface area is 122 Å². The smallest absolute Gasteiger partial charge is 0.416 e. The van der Waals surface area contributed by atoms with Gasteiger partial charge in [0.2, 0.25) is 0 Å². The van der Waals surface area contributed by atoms with E-state index in [4.69, 9.17) is 5.11 Å². The average Bonchev–Trinajstić information content (AvgIpc) is 2.35. The first-order valence-corrected chi connectivity index (χ1v) is 6.75. The number of hydrogen-bond donors (Lipinski definition) is 1. The molecular weight excluding hydrogens is 283 g/mol. The minimum atomic E-state index is -4.45. The Kier molecular flexibility index (Phi) is 5.78. The Morgan fingerprint density at radius 3 is 2.29 bits per heavy atom. The highest BCUT2D eigenvalue weighted by atomic mass is 19.4. The number of alkyl halides is 3. The molecular formula is C15H20F3NO2. The molecule has 0 fully saturated rings. The van der Waals surface area contributed by atoms with E-state index in [-0.39, 0.29) is 18.0 Å². The van der Waals surface area contributed by atoms with Crippen LogP contribution < -0.4 is 0 Å². The Hall–Kier alpha value is -1.56. The summed E-state index contributed by atoms with van der Waals surface area (Å²) < 4.78 is 39.2. The zero-order valence-corrected chi connectivity index (χ0v) is 12.3. The molecule has 0 saturated carbocycles. The first kappa shape index (κ1) is 17.5. The van der Waals surface area contributed by atoms with Gasteiger partial charge in [-0.25, -0.2) is 0 Å². The van der Waals surface area contributed by atoms with Gasteiger partial charge in [0.15, 0.2) is 0 Å². The molecule has 1 aromatic carbocycles. The van der Waals surface area contributed by atoms with Gasteiger partial charge in [0.25, 0.3) is 0 Å². The van der Waals surface area contributed by atoms with Gasteiger partial charge in [-0.2, -0.15) is 13.2 Å². The van der Waals surface area contributed by atoms with Crippen molar-refractivity contribution in [2.24, 2.45) is 5.92 Å². The van der Waals surface area contributed by atoms with Crippen LogP contribution in [0.2, 0.25) is 0 Å². The van der Waals surface area contributed by atoms with Gasteiger partial charge >= 0.3 is 12.1 Å². The van der Waals surface area contributed by atoms with E-state index in [9.17, 15) is 18.0 Å². The first-order chi connectivity index (χ1) is 9.62. The second kappa shape index (κ2) is 6.93. The number of nitrogens with zero attached hydrogens (tertiary/aromatic N) is 1. The lowest BCUT2D eigenvalue weighted by Gasteiger charge is -2.31. The molecule has 118 valence electrons. The van der Waals surface area contributed by atoms with Crippen LogP contribution in [0, 0.1) is 5.92 Å². The highest BCUT2D eigenvalue weighted by molar-refractivity contribution is 5.69. The maximum Gasteiger partial charge on any atom is 0.416 e. The van der Waals surface area contributed by atoms with Gasteiger partial charge in [-0.3, -0.25) is 9.69 Å². The quantitative estimate of drug-likeness (QED) is 0.869. The molecule has 21 heavy (non-hydrogen) atoms. The number of carboxylic acid groups (broad SMARTS) is 1. The zero-order chi connectivity index (χ0) is 16.2. The lowest BCUT2D eigenvalue weighted by atomic mass is 9.99. The fraction of sp³-hybridized carbons (Fsp3) is 0.533. The second-order valence-electron chi connectivity index (χ2n) is 5.48. The van der Waals surface area contributed by atoms with Crippen molar-refractivity contribution in [1.82, 2.24) is 4.90 Å². The molecule has 3 nitrogen and oxygen atoms in total. The van der Waals surface area contributed by atoms with Crippen LogP contribution in [0.15, 0.2) is 24.3 Å². The summed E-state index contributed by atoms with van der Waals surface area (Å²) in [6.07, 6.45) is -4.45. The Bertz CT molecular complexity index is 486. The Morgan fingerprint density at radius 1 is 1.24 bits per heavy atom. The standard InChI is InChI=1S/C15H20F3NO2/c1-10(2)8-19(9-14(20)21)11(3)12-6-4-5-7-13(12)15(16,17)18/h4-7,10-11H,8-9H2,1-3H3,(H,20,21). The monoisotopic (exact) mass is 303 g/mol. The molecule has 0 aliphatic carbocycles. The van der Waals surface area contributed by atoms with Crippen LogP contribution in [0.3, 0.4) is 0 Å². The van der Waals surface area contributed by atoms with E-state index < -0.39 is 23.8 Å².